The number of ether oxygens (including phenoxy) is 1. The molecule has 5 heterocycles. The maximum Gasteiger partial charge on any atom is 0.256 e. The van der Waals surface area contributed by atoms with Crippen LogP contribution < -0.4 is 10.6 Å². The van der Waals surface area contributed by atoms with Gasteiger partial charge in [-0.3, -0.25) is 9.88 Å². The highest BCUT2D eigenvalue weighted by Gasteiger charge is 2.37. The third kappa shape index (κ3) is 7.77. The third-order valence-corrected chi connectivity index (χ3v) is 10.6. The Morgan fingerprint density at radius 2 is 1.77 bits per heavy atom. The summed E-state index contributed by atoms with van der Waals surface area (Å²) in [6.07, 6.45) is 12.3. The molecule has 0 unspecified atom stereocenters. The fourth-order valence-corrected chi connectivity index (χ4v) is 7.16. The number of pyridine rings is 2. The number of aromatic nitrogens is 6. The molecule has 1 saturated heterocycles. The molecular formula is C33H37N9O4S. The van der Waals surface area contributed by atoms with Gasteiger partial charge in [-0.2, -0.15) is 9.19 Å². The number of aliphatic hydroxyl groups excluding tert-OH is 1. The second-order valence-electron chi connectivity index (χ2n) is 12.2. The van der Waals surface area contributed by atoms with Crippen molar-refractivity contribution in [2.75, 3.05) is 36.9 Å². The molecule has 0 spiro atoms. The predicted molar refractivity (Wildman–Crippen MR) is 176 cm³/mol. The number of aliphatic hydroxyl groups is 1. The molecule has 244 valence electrons. The largest absolute Gasteiger partial charge is 0.393 e. The van der Waals surface area contributed by atoms with Gasteiger partial charge in [0.25, 0.3) is 10.0 Å². The van der Waals surface area contributed by atoms with Crippen LogP contribution in [0.4, 0.5) is 17.3 Å². The van der Waals surface area contributed by atoms with Gasteiger partial charge >= 0.3 is 0 Å². The van der Waals surface area contributed by atoms with E-state index in [9.17, 15) is 13.5 Å². The molecule has 7 rings (SSSR count). The molecule has 2 saturated carbocycles. The summed E-state index contributed by atoms with van der Waals surface area (Å²) in [7, 11) is -3.48. The van der Waals surface area contributed by atoms with Gasteiger partial charge in [-0.15, -0.1) is 0 Å². The van der Waals surface area contributed by atoms with E-state index in [0.717, 1.165) is 85.1 Å². The molecule has 14 heteroatoms. The lowest BCUT2D eigenvalue weighted by Crippen LogP contribution is -2.35. The maximum absolute atomic E-state index is 12.6. The van der Waals surface area contributed by atoms with E-state index in [1.165, 1.54) is 12.4 Å². The molecule has 3 N–H and O–H groups in total. The van der Waals surface area contributed by atoms with E-state index in [1.54, 1.807) is 24.7 Å². The SMILES string of the molecule is O=S(=O)(C1CC1)n1cc(-c2nccc(Nc3cc(NC4CCC(O)CC4)c(C#Cc4ccc(CN5CCOCC5)nc4)cn3)n2)cn1. The van der Waals surface area contributed by atoms with Crippen LogP contribution in [-0.2, 0) is 21.3 Å². The van der Waals surface area contributed by atoms with E-state index in [-0.39, 0.29) is 17.4 Å². The Morgan fingerprint density at radius 1 is 0.936 bits per heavy atom. The first-order valence-electron chi connectivity index (χ1n) is 16.0. The first-order chi connectivity index (χ1) is 22.9. The Kier molecular flexibility index (Phi) is 9.12. The first-order valence-corrected chi connectivity index (χ1v) is 17.5. The minimum atomic E-state index is -3.48. The molecule has 1 aliphatic heterocycles. The lowest BCUT2D eigenvalue weighted by molar-refractivity contribution is 0.0336. The molecule has 3 aliphatic rings. The van der Waals surface area contributed by atoms with E-state index >= 15 is 0 Å². The van der Waals surface area contributed by atoms with Crippen molar-refractivity contribution >= 4 is 27.3 Å². The first kappa shape index (κ1) is 31.2. The van der Waals surface area contributed by atoms with Gasteiger partial charge in [0.1, 0.15) is 11.6 Å². The van der Waals surface area contributed by atoms with E-state index < -0.39 is 10.0 Å². The molecule has 3 fully saturated rings. The molecule has 4 aromatic heterocycles. The minimum absolute atomic E-state index is 0.199. The highest BCUT2D eigenvalue weighted by Crippen LogP contribution is 2.31. The Morgan fingerprint density at radius 3 is 2.53 bits per heavy atom. The predicted octanol–water partition coefficient (Wildman–Crippen LogP) is 3.16. The fraction of sp³-hybridized carbons (Fsp3) is 0.424. The number of hydrogen-bond acceptors (Lipinski definition) is 12. The highest BCUT2D eigenvalue weighted by molar-refractivity contribution is 7.90. The number of morpholine rings is 1. The molecule has 4 aromatic rings. The van der Waals surface area contributed by atoms with Crippen LogP contribution in [0.1, 0.15) is 55.3 Å². The minimum Gasteiger partial charge on any atom is -0.393 e. The summed E-state index contributed by atoms with van der Waals surface area (Å²) in [5, 5.41) is 20.6. The van der Waals surface area contributed by atoms with Crippen molar-refractivity contribution in [3.63, 3.8) is 0 Å². The van der Waals surface area contributed by atoms with Crippen LogP contribution in [-0.4, -0.2) is 91.2 Å². The summed E-state index contributed by atoms with van der Waals surface area (Å²) in [5.74, 6) is 7.91. The van der Waals surface area contributed by atoms with Crippen molar-refractivity contribution in [2.45, 2.75) is 62.5 Å². The smallest absolute Gasteiger partial charge is 0.256 e. The topological polar surface area (TPSA) is 160 Å². The quantitative estimate of drug-likeness (QED) is 0.226. The second-order valence-corrected chi connectivity index (χ2v) is 14.2. The molecule has 13 nitrogen and oxygen atoms in total. The van der Waals surface area contributed by atoms with E-state index in [4.69, 9.17) is 4.74 Å². The van der Waals surface area contributed by atoms with Gasteiger partial charge in [-0.25, -0.2) is 23.4 Å². The molecule has 0 radical (unpaired) electrons. The zero-order valence-electron chi connectivity index (χ0n) is 25.9. The van der Waals surface area contributed by atoms with Crippen LogP contribution >= 0.6 is 0 Å². The van der Waals surface area contributed by atoms with Gasteiger partial charge < -0.3 is 20.5 Å². The van der Waals surface area contributed by atoms with Gasteiger partial charge in [0.2, 0.25) is 0 Å². The monoisotopic (exact) mass is 655 g/mol. The van der Waals surface area contributed by atoms with Gasteiger partial charge in [-0.1, -0.05) is 11.8 Å². The van der Waals surface area contributed by atoms with Crippen molar-refractivity contribution in [2.24, 2.45) is 0 Å². The number of nitrogens with one attached hydrogen (secondary N) is 2. The lowest BCUT2D eigenvalue weighted by Gasteiger charge is -2.27. The summed E-state index contributed by atoms with van der Waals surface area (Å²) in [6.45, 7) is 4.12. The van der Waals surface area contributed by atoms with Gasteiger partial charge in [0, 0.05) is 55.9 Å². The highest BCUT2D eigenvalue weighted by atomic mass is 32.2. The Labute approximate surface area is 273 Å². The van der Waals surface area contributed by atoms with Crippen molar-refractivity contribution < 1.29 is 18.3 Å². The van der Waals surface area contributed by atoms with Crippen LogP contribution in [0.15, 0.2) is 55.2 Å². The standard InChI is InChI=1S/C33H37N9O4S/c43-28-7-5-26(6-8-28)38-30-17-32(36-19-24(30)3-1-23-2-4-27(35-18-23)22-41-13-15-46-16-14-41)39-31-11-12-34-33(40-31)25-20-37-42(21-25)47(44,45)29-9-10-29/h2,4,11-12,17-21,26,28-29,43H,5-10,13-16,22H2,(H2,34,36,38,39,40). The molecule has 47 heavy (non-hydrogen) atoms. The Balaban J connectivity index is 1.09. The summed E-state index contributed by atoms with van der Waals surface area (Å²) in [6, 6.07) is 7.83. The third-order valence-electron chi connectivity index (χ3n) is 8.55. The Bertz CT molecular complexity index is 1870. The number of rotatable bonds is 9. The molecule has 0 aromatic carbocycles. The number of nitrogens with zero attached hydrogens (tertiary/aromatic N) is 7. The Hall–Kier alpha value is -4.42. The van der Waals surface area contributed by atoms with E-state index in [1.807, 2.05) is 18.2 Å². The van der Waals surface area contributed by atoms with Crippen molar-refractivity contribution in [3.05, 3.63) is 72.1 Å². The zero-order valence-corrected chi connectivity index (χ0v) is 26.7. The normalized spacial score (nSPS) is 20.3. The summed E-state index contributed by atoms with van der Waals surface area (Å²) in [4.78, 5) is 20.5. The average Bonchev–Trinajstić information content (AvgIpc) is 3.84. The van der Waals surface area contributed by atoms with Crippen LogP contribution in [0, 0.1) is 11.8 Å². The average molecular weight is 656 g/mol. The van der Waals surface area contributed by atoms with E-state index in [0.29, 0.717) is 35.9 Å². The van der Waals surface area contributed by atoms with Crippen LogP contribution in [0.25, 0.3) is 11.4 Å². The van der Waals surface area contributed by atoms with Crippen molar-refractivity contribution in [1.29, 1.82) is 0 Å². The van der Waals surface area contributed by atoms with Gasteiger partial charge in [-0.05, 0) is 56.7 Å². The van der Waals surface area contributed by atoms with Gasteiger partial charge in [0.05, 0.1) is 59.5 Å². The van der Waals surface area contributed by atoms with E-state index in [2.05, 4.69) is 52.4 Å². The fourth-order valence-electron chi connectivity index (χ4n) is 5.68. The number of hydrogen-bond donors (Lipinski definition) is 3. The van der Waals surface area contributed by atoms with Crippen LogP contribution in [0.2, 0.25) is 0 Å². The van der Waals surface area contributed by atoms with Gasteiger partial charge in [0.15, 0.2) is 5.82 Å². The van der Waals surface area contributed by atoms with Crippen molar-refractivity contribution in [1.82, 2.24) is 34.0 Å². The zero-order chi connectivity index (χ0) is 32.2. The maximum atomic E-state index is 12.6. The molecule has 0 amide bonds. The molecule has 0 atom stereocenters. The summed E-state index contributed by atoms with van der Waals surface area (Å²) < 4.78 is 31.6. The lowest BCUT2D eigenvalue weighted by atomic mass is 9.93. The summed E-state index contributed by atoms with van der Waals surface area (Å²) in [5.41, 5.74) is 3.88. The van der Waals surface area contributed by atoms with Crippen molar-refractivity contribution in [3.8, 4) is 23.2 Å². The molecule has 0 bridgehead atoms. The summed E-state index contributed by atoms with van der Waals surface area (Å²) >= 11 is 0. The second kappa shape index (κ2) is 13.7. The van der Waals surface area contributed by atoms with Crippen LogP contribution in [0.5, 0.6) is 0 Å². The number of anilines is 3. The molecule has 2 aliphatic carbocycles. The molecular weight excluding hydrogens is 618 g/mol. The van der Waals surface area contributed by atoms with Crippen LogP contribution in [0.3, 0.4) is 0 Å².